The molecule has 3 aromatic carbocycles. The Balaban J connectivity index is 1.89. The van der Waals surface area contributed by atoms with Gasteiger partial charge in [0.15, 0.2) is 5.78 Å². The summed E-state index contributed by atoms with van der Waals surface area (Å²) in [5, 5.41) is 3.70. The van der Waals surface area contributed by atoms with Gasteiger partial charge in [-0.25, -0.2) is 0 Å². The Morgan fingerprint density at radius 1 is 0.920 bits per heavy atom. The van der Waals surface area contributed by atoms with Crippen LogP contribution in [-0.4, -0.2) is 5.78 Å². The van der Waals surface area contributed by atoms with E-state index in [9.17, 15) is 4.79 Å². The monoisotopic (exact) mass is 350 g/mol. The molecule has 3 aromatic rings. The van der Waals surface area contributed by atoms with Crippen LogP contribution >= 0.6 is 11.6 Å². The third kappa shape index (κ3) is 3.83. The number of aryl methyl sites for hydroxylation is 2. The highest BCUT2D eigenvalue weighted by atomic mass is 35.5. The Morgan fingerprint density at radius 3 is 2.40 bits per heavy atom. The van der Waals surface area contributed by atoms with E-state index in [0.29, 0.717) is 21.8 Å². The van der Waals surface area contributed by atoms with E-state index in [1.807, 2.05) is 50.2 Å². The van der Waals surface area contributed by atoms with Crippen molar-refractivity contribution in [2.45, 2.75) is 13.8 Å². The lowest BCUT2D eigenvalue weighted by Crippen LogP contribution is -2.06. The second kappa shape index (κ2) is 6.99. The molecule has 0 heterocycles. The highest BCUT2D eigenvalue weighted by Crippen LogP contribution is 2.27. The fraction of sp³-hybridized carbons (Fsp3) is 0.0952. The van der Waals surface area contributed by atoms with E-state index in [-0.39, 0.29) is 5.78 Å². The Morgan fingerprint density at radius 2 is 1.68 bits per heavy atom. The summed E-state index contributed by atoms with van der Waals surface area (Å²) in [6, 6.07) is 18.7. The summed E-state index contributed by atoms with van der Waals surface area (Å²) in [6.07, 6.45) is 0. The Hall–Kier alpha value is -2.78. The van der Waals surface area contributed by atoms with Gasteiger partial charge in [0.05, 0.1) is 5.02 Å². The average molecular weight is 351 g/mol. The predicted octanol–water partition coefficient (Wildman–Crippen LogP) is 5.51. The number of anilines is 3. The molecule has 0 bridgehead atoms. The summed E-state index contributed by atoms with van der Waals surface area (Å²) < 4.78 is 0. The van der Waals surface area contributed by atoms with Gasteiger partial charge in [0.25, 0.3) is 0 Å². The first kappa shape index (κ1) is 17.1. The van der Waals surface area contributed by atoms with Crippen LogP contribution in [0.4, 0.5) is 17.1 Å². The summed E-state index contributed by atoms with van der Waals surface area (Å²) in [5.74, 6) is -0.128. The summed E-state index contributed by atoms with van der Waals surface area (Å²) in [4.78, 5) is 12.8. The first-order chi connectivity index (χ1) is 11.9. The molecular formula is C21H19ClN2O. The van der Waals surface area contributed by atoms with Crippen molar-refractivity contribution in [2.24, 2.45) is 0 Å². The zero-order chi connectivity index (χ0) is 18.0. The molecule has 0 saturated heterocycles. The van der Waals surface area contributed by atoms with Gasteiger partial charge in [0, 0.05) is 28.2 Å². The largest absolute Gasteiger partial charge is 0.399 e. The SMILES string of the molecule is Cc1cccc(Nc2ccc(C(=O)c3cc(N)ccc3C)c(Cl)c2)c1. The maximum atomic E-state index is 12.8. The molecule has 0 aromatic heterocycles. The Kier molecular flexibility index (Phi) is 4.77. The maximum absolute atomic E-state index is 12.8. The van der Waals surface area contributed by atoms with E-state index < -0.39 is 0 Å². The summed E-state index contributed by atoms with van der Waals surface area (Å²) in [6.45, 7) is 3.92. The number of halogens is 1. The standard InChI is InChI=1S/C21H19ClN2O/c1-13-4-3-5-16(10-13)24-17-8-9-18(20(22)12-17)21(25)19-11-15(23)7-6-14(19)2/h3-12,24H,23H2,1-2H3. The maximum Gasteiger partial charge on any atom is 0.194 e. The normalized spacial score (nSPS) is 10.5. The molecule has 0 aliphatic rings. The number of carbonyl (C=O) groups is 1. The minimum atomic E-state index is -0.128. The molecule has 3 N–H and O–H groups in total. The quantitative estimate of drug-likeness (QED) is 0.481. The van der Waals surface area contributed by atoms with Crippen LogP contribution in [0.15, 0.2) is 60.7 Å². The van der Waals surface area contributed by atoms with Crippen LogP contribution in [0.25, 0.3) is 0 Å². The first-order valence-corrected chi connectivity index (χ1v) is 8.36. The molecular weight excluding hydrogens is 332 g/mol. The van der Waals surface area contributed by atoms with Crippen LogP contribution in [0, 0.1) is 13.8 Å². The summed E-state index contributed by atoms with van der Waals surface area (Å²) in [5.41, 5.74) is 11.2. The number of rotatable bonds is 4. The highest BCUT2D eigenvalue weighted by molar-refractivity contribution is 6.35. The van der Waals surface area contributed by atoms with E-state index in [1.54, 1.807) is 24.3 Å². The zero-order valence-corrected chi connectivity index (χ0v) is 14.9. The molecule has 0 spiro atoms. The molecule has 126 valence electrons. The lowest BCUT2D eigenvalue weighted by Gasteiger charge is -2.11. The van der Waals surface area contributed by atoms with Gasteiger partial charge in [0.1, 0.15) is 0 Å². The highest BCUT2D eigenvalue weighted by Gasteiger charge is 2.16. The van der Waals surface area contributed by atoms with Gasteiger partial charge < -0.3 is 11.1 Å². The molecule has 3 rings (SSSR count). The van der Waals surface area contributed by atoms with Crippen molar-refractivity contribution in [1.29, 1.82) is 0 Å². The molecule has 0 unspecified atom stereocenters. The van der Waals surface area contributed by atoms with Crippen LogP contribution in [0.3, 0.4) is 0 Å². The fourth-order valence-corrected chi connectivity index (χ4v) is 2.96. The number of nitrogen functional groups attached to an aromatic ring is 1. The minimum Gasteiger partial charge on any atom is -0.399 e. The third-order valence-corrected chi connectivity index (χ3v) is 4.34. The van der Waals surface area contributed by atoms with Crippen molar-refractivity contribution in [3.8, 4) is 0 Å². The molecule has 0 fully saturated rings. The van der Waals surface area contributed by atoms with E-state index >= 15 is 0 Å². The average Bonchev–Trinajstić information content (AvgIpc) is 2.57. The lowest BCUT2D eigenvalue weighted by molar-refractivity contribution is 0.103. The Bertz CT molecular complexity index is 950. The van der Waals surface area contributed by atoms with Crippen molar-refractivity contribution in [3.63, 3.8) is 0 Å². The number of hydrogen-bond donors (Lipinski definition) is 2. The topological polar surface area (TPSA) is 55.1 Å². The first-order valence-electron chi connectivity index (χ1n) is 7.98. The predicted molar refractivity (Wildman–Crippen MR) is 105 cm³/mol. The number of carbonyl (C=O) groups excluding carboxylic acids is 1. The van der Waals surface area contributed by atoms with Crippen LogP contribution in [-0.2, 0) is 0 Å². The van der Waals surface area contributed by atoms with Crippen molar-refractivity contribution in [3.05, 3.63) is 87.9 Å². The molecule has 0 radical (unpaired) electrons. The number of hydrogen-bond acceptors (Lipinski definition) is 3. The summed E-state index contributed by atoms with van der Waals surface area (Å²) in [7, 11) is 0. The van der Waals surface area contributed by atoms with Crippen LogP contribution in [0.5, 0.6) is 0 Å². The van der Waals surface area contributed by atoms with Crippen LogP contribution < -0.4 is 11.1 Å². The van der Waals surface area contributed by atoms with Gasteiger partial charge in [-0.2, -0.15) is 0 Å². The van der Waals surface area contributed by atoms with E-state index in [0.717, 1.165) is 16.9 Å². The molecule has 0 atom stereocenters. The van der Waals surface area contributed by atoms with Gasteiger partial charge >= 0.3 is 0 Å². The molecule has 25 heavy (non-hydrogen) atoms. The summed E-state index contributed by atoms with van der Waals surface area (Å²) >= 11 is 6.37. The molecule has 0 aliphatic heterocycles. The van der Waals surface area contributed by atoms with Gasteiger partial charge in [0.2, 0.25) is 0 Å². The second-order valence-electron chi connectivity index (χ2n) is 6.09. The number of ketones is 1. The minimum absolute atomic E-state index is 0.128. The fourth-order valence-electron chi connectivity index (χ4n) is 2.70. The molecule has 4 heteroatoms. The van der Waals surface area contributed by atoms with E-state index in [1.165, 1.54) is 5.56 Å². The van der Waals surface area contributed by atoms with Crippen molar-refractivity contribution in [2.75, 3.05) is 11.1 Å². The Labute approximate surface area is 152 Å². The van der Waals surface area contributed by atoms with Crippen molar-refractivity contribution in [1.82, 2.24) is 0 Å². The van der Waals surface area contributed by atoms with E-state index in [4.69, 9.17) is 17.3 Å². The van der Waals surface area contributed by atoms with Crippen LogP contribution in [0.2, 0.25) is 5.02 Å². The van der Waals surface area contributed by atoms with E-state index in [2.05, 4.69) is 5.32 Å². The molecule has 0 aliphatic carbocycles. The lowest BCUT2D eigenvalue weighted by atomic mass is 9.98. The number of nitrogens with two attached hydrogens (primary N) is 1. The van der Waals surface area contributed by atoms with Gasteiger partial charge in [-0.05, 0) is 67.4 Å². The third-order valence-electron chi connectivity index (χ3n) is 4.03. The van der Waals surface area contributed by atoms with Gasteiger partial charge in [-0.3, -0.25) is 4.79 Å². The smallest absolute Gasteiger partial charge is 0.194 e. The zero-order valence-electron chi connectivity index (χ0n) is 14.1. The second-order valence-corrected chi connectivity index (χ2v) is 6.50. The molecule has 3 nitrogen and oxygen atoms in total. The van der Waals surface area contributed by atoms with Crippen LogP contribution in [0.1, 0.15) is 27.0 Å². The van der Waals surface area contributed by atoms with Gasteiger partial charge in [-0.15, -0.1) is 0 Å². The molecule has 0 amide bonds. The van der Waals surface area contributed by atoms with Crippen molar-refractivity contribution >= 4 is 34.4 Å². The number of nitrogens with one attached hydrogen (secondary N) is 1. The number of benzene rings is 3. The van der Waals surface area contributed by atoms with Gasteiger partial charge in [-0.1, -0.05) is 29.8 Å². The molecule has 0 saturated carbocycles. The van der Waals surface area contributed by atoms with Crippen molar-refractivity contribution < 1.29 is 4.79 Å².